The summed E-state index contributed by atoms with van der Waals surface area (Å²) in [5.74, 6) is -0.0847. The first kappa shape index (κ1) is 19.7. The van der Waals surface area contributed by atoms with Crippen molar-refractivity contribution >= 4 is 33.6 Å². The molecule has 0 radical (unpaired) electrons. The summed E-state index contributed by atoms with van der Waals surface area (Å²) in [4.78, 5) is 26.2. The summed E-state index contributed by atoms with van der Waals surface area (Å²) >= 11 is 3.46. The van der Waals surface area contributed by atoms with Gasteiger partial charge < -0.3 is 20.3 Å². The highest BCUT2D eigenvalue weighted by atomic mass is 79.9. The first-order valence-corrected chi connectivity index (χ1v) is 9.21. The fourth-order valence-electron chi connectivity index (χ4n) is 2.66. The van der Waals surface area contributed by atoms with Gasteiger partial charge in [-0.3, -0.25) is 4.79 Å². The molecule has 6 nitrogen and oxygen atoms in total. The molecular formula is C18H26BrN3O3. The highest BCUT2D eigenvalue weighted by Crippen LogP contribution is 2.26. The van der Waals surface area contributed by atoms with E-state index in [1.807, 2.05) is 45.9 Å². The van der Waals surface area contributed by atoms with Crippen LogP contribution in [0, 0.1) is 6.92 Å². The van der Waals surface area contributed by atoms with Gasteiger partial charge in [-0.25, -0.2) is 4.79 Å². The third-order valence-corrected chi connectivity index (χ3v) is 4.49. The van der Waals surface area contributed by atoms with Crippen molar-refractivity contribution in [2.24, 2.45) is 0 Å². The fraction of sp³-hybridized carbons (Fsp3) is 0.556. The zero-order chi connectivity index (χ0) is 18.6. The first-order valence-electron chi connectivity index (χ1n) is 8.42. The van der Waals surface area contributed by atoms with Gasteiger partial charge in [0.15, 0.2) is 0 Å². The Morgan fingerprint density at radius 1 is 1.40 bits per heavy atom. The molecule has 1 fully saturated rings. The van der Waals surface area contributed by atoms with Crippen LogP contribution >= 0.6 is 15.9 Å². The molecule has 1 aromatic rings. The lowest BCUT2D eigenvalue weighted by atomic mass is 10.1. The second kappa shape index (κ2) is 8.19. The summed E-state index contributed by atoms with van der Waals surface area (Å²) in [5, 5.41) is 6.24. The first-order chi connectivity index (χ1) is 11.7. The van der Waals surface area contributed by atoms with E-state index in [0.29, 0.717) is 26.1 Å². The lowest BCUT2D eigenvalue weighted by Gasteiger charge is -2.34. The van der Waals surface area contributed by atoms with Crippen LogP contribution in [0.25, 0.3) is 0 Å². The number of hydrogen-bond donors (Lipinski definition) is 2. The Bertz CT molecular complexity index is 623. The Labute approximate surface area is 157 Å². The van der Waals surface area contributed by atoms with Gasteiger partial charge in [0.05, 0.1) is 5.69 Å². The quantitative estimate of drug-likeness (QED) is 0.800. The van der Waals surface area contributed by atoms with Gasteiger partial charge >= 0.3 is 6.09 Å². The van der Waals surface area contributed by atoms with E-state index in [1.54, 1.807) is 4.90 Å². The summed E-state index contributed by atoms with van der Waals surface area (Å²) < 4.78 is 6.26. The van der Waals surface area contributed by atoms with E-state index in [-0.39, 0.29) is 18.0 Å². The second-order valence-corrected chi connectivity index (χ2v) is 8.12. The normalized spacial score (nSPS) is 18.0. The maximum absolute atomic E-state index is 12.4. The predicted molar refractivity (Wildman–Crippen MR) is 102 cm³/mol. The monoisotopic (exact) mass is 411 g/mol. The van der Waals surface area contributed by atoms with E-state index in [2.05, 4.69) is 26.6 Å². The molecular weight excluding hydrogens is 386 g/mol. The molecule has 1 saturated heterocycles. The molecule has 2 amide bonds. The molecule has 1 aromatic carbocycles. The van der Waals surface area contributed by atoms with Crippen LogP contribution in [-0.2, 0) is 9.53 Å². The standard InChI is InChI=1S/C18H26BrN3O3/c1-12-6-5-7-14(19)16(12)21-15(23)10-13-11-22(9-8-20-13)17(24)25-18(2,3)4/h5-7,13,20H,8-11H2,1-4H3,(H,21,23). The summed E-state index contributed by atoms with van der Waals surface area (Å²) in [6, 6.07) is 5.68. The molecule has 2 N–H and O–H groups in total. The number of nitrogens with one attached hydrogen (secondary N) is 2. The molecule has 1 aliphatic heterocycles. The lowest BCUT2D eigenvalue weighted by Crippen LogP contribution is -2.54. The number of carbonyl (C=O) groups excluding carboxylic acids is 2. The van der Waals surface area contributed by atoms with Crippen LogP contribution in [0.1, 0.15) is 32.8 Å². The van der Waals surface area contributed by atoms with Crippen LogP contribution in [0.15, 0.2) is 22.7 Å². The van der Waals surface area contributed by atoms with E-state index < -0.39 is 5.60 Å². The third-order valence-electron chi connectivity index (χ3n) is 3.83. The number of piperazine rings is 1. The van der Waals surface area contributed by atoms with Crippen molar-refractivity contribution in [1.82, 2.24) is 10.2 Å². The number of rotatable bonds is 3. The Hall–Kier alpha value is -1.60. The number of carbonyl (C=O) groups is 2. The van der Waals surface area contributed by atoms with Crippen LogP contribution in [0.2, 0.25) is 0 Å². The molecule has 0 aromatic heterocycles. The Balaban J connectivity index is 1.91. The van der Waals surface area contributed by atoms with Gasteiger partial charge in [0.1, 0.15) is 5.60 Å². The molecule has 1 heterocycles. The van der Waals surface area contributed by atoms with E-state index in [4.69, 9.17) is 4.74 Å². The van der Waals surface area contributed by atoms with Crippen molar-refractivity contribution in [1.29, 1.82) is 0 Å². The fourth-order valence-corrected chi connectivity index (χ4v) is 3.22. The number of aryl methyl sites for hydroxylation is 1. The van der Waals surface area contributed by atoms with Crippen LogP contribution < -0.4 is 10.6 Å². The minimum absolute atomic E-state index is 0.0847. The summed E-state index contributed by atoms with van der Waals surface area (Å²) in [6.07, 6.45) is -0.0406. The minimum atomic E-state index is -0.522. The van der Waals surface area contributed by atoms with Gasteiger partial charge in [0.2, 0.25) is 5.91 Å². The average molecular weight is 412 g/mol. The molecule has 0 saturated carbocycles. The summed E-state index contributed by atoms with van der Waals surface area (Å²) in [7, 11) is 0. The summed E-state index contributed by atoms with van der Waals surface area (Å²) in [6.45, 7) is 9.16. The van der Waals surface area contributed by atoms with Gasteiger partial charge in [-0.05, 0) is 55.3 Å². The highest BCUT2D eigenvalue weighted by Gasteiger charge is 2.28. The SMILES string of the molecule is Cc1cccc(Br)c1NC(=O)CC1CN(C(=O)OC(C)(C)C)CCN1. The second-order valence-electron chi connectivity index (χ2n) is 7.26. The van der Waals surface area contributed by atoms with Crippen molar-refractivity contribution in [3.8, 4) is 0 Å². The van der Waals surface area contributed by atoms with Gasteiger partial charge in [-0.2, -0.15) is 0 Å². The van der Waals surface area contributed by atoms with Gasteiger partial charge in [-0.15, -0.1) is 0 Å². The number of benzene rings is 1. The molecule has 0 bridgehead atoms. The summed E-state index contributed by atoms with van der Waals surface area (Å²) in [5.41, 5.74) is 1.26. The van der Waals surface area contributed by atoms with Crippen molar-refractivity contribution in [3.05, 3.63) is 28.2 Å². The van der Waals surface area contributed by atoms with E-state index in [0.717, 1.165) is 15.7 Å². The Morgan fingerprint density at radius 3 is 2.76 bits per heavy atom. The number of amides is 2. The van der Waals surface area contributed by atoms with Gasteiger partial charge in [0, 0.05) is 36.6 Å². The van der Waals surface area contributed by atoms with Crippen LogP contribution in [0.5, 0.6) is 0 Å². The van der Waals surface area contributed by atoms with E-state index >= 15 is 0 Å². The van der Waals surface area contributed by atoms with Gasteiger partial charge in [0.25, 0.3) is 0 Å². The lowest BCUT2D eigenvalue weighted by molar-refractivity contribution is -0.117. The molecule has 1 unspecified atom stereocenters. The molecule has 138 valence electrons. The number of anilines is 1. The zero-order valence-corrected chi connectivity index (χ0v) is 16.8. The molecule has 25 heavy (non-hydrogen) atoms. The number of para-hydroxylation sites is 1. The molecule has 0 aliphatic carbocycles. The predicted octanol–water partition coefficient (Wildman–Crippen LogP) is 3.30. The topological polar surface area (TPSA) is 70.7 Å². The van der Waals surface area contributed by atoms with Crippen LogP contribution in [0.4, 0.5) is 10.5 Å². The van der Waals surface area contributed by atoms with Crippen molar-refractivity contribution in [2.45, 2.75) is 45.8 Å². The molecule has 1 aliphatic rings. The Morgan fingerprint density at radius 2 is 2.12 bits per heavy atom. The molecule has 0 spiro atoms. The number of nitrogens with zero attached hydrogens (tertiary/aromatic N) is 1. The highest BCUT2D eigenvalue weighted by molar-refractivity contribution is 9.10. The molecule has 1 atom stereocenters. The number of ether oxygens (including phenoxy) is 1. The minimum Gasteiger partial charge on any atom is -0.444 e. The van der Waals surface area contributed by atoms with E-state index in [9.17, 15) is 9.59 Å². The number of halogens is 1. The average Bonchev–Trinajstić information content (AvgIpc) is 2.50. The number of hydrogen-bond acceptors (Lipinski definition) is 4. The smallest absolute Gasteiger partial charge is 0.410 e. The molecule has 2 rings (SSSR count). The third kappa shape index (κ3) is 6.01. The van der Waals surface area contributed by atoms with Crippen molar-refractivity contribution in [3.63, 3.8) is 0 Å². The van der Waals surface area contributed by atoms with Crippen molar-refractivity contribution < 1.29 is 14.3 Å². The maximum atomic E-state index is 12.4. The zero-order valence-electron chi connectivity index (χ0n) is 15.2. The van der Waals surface area contributed by atoms with Crippen LogP contribution in [-0.4, -0.2) is 48.2 Å². The van der Waals surface area contributed by atoms with E-state index in [1.165, 1.54) is 0 Å². The maximum Gasteiger partial charge on any atom is 0.410 e. The Kier molecular flexibility index (Phi) is 6.46. The van der Waals surface area contributed by atoms with Crippen LogP contribution in [0.3, 0.4) is 0 Å². The largest absolute Gasteiger partial charge is 0.444 e. The molecule has 7 heteroatoms. The van der Waals surface area contributed by atoms with Gasteiger partial charge in [-0.1, -0.05) is 12.1 Å². The van der Waals surface area contributed by atoms with Crippen molar-refractivity contribution in [2.75, 3.05) is 25.0 Å².